The van der Waals surface area contributed by atoms with Gasteiger partial charge in [-0.1, -0.05) is 38.8 Å². The number of hydrogen-bond donors (Lipinski definition) is 1. The van der Waals surface area contributed by atoms with Gasteiger partial charge in [-0.3, -0.25) is 4.79 Å². The van der Waals surface area contributed by atoms with E-state index in [2.05, 4.69) is 31.1 Å². The maximum absolute atomic E-state index is 12.2. The van der Waals surface area contributed by atoms with Gasteiger partial charge in [0.15, 0.2) is 0 Å². The molecule has 1 aliphatic rings. The van der Waals surface area contributed by atoms with Crippen molar-refractivity contribution in [1.29, 1.82) is 0 Å². The number of amides is 1. The molecule has 4 heteroatoms. The Morgan fingerprint density at radius 1 is 1.33 bits per heavy atom. The lowest BCUT2D eigenvalue weighted by atomic mass is 9.69. The largest absolute Gasteiger partial charge is 0.349 e. The molecule has 0 bridgehead atoms. The standard InChI is InChI=1S/C17H25ClN2O/c1-4-17(2,3)13-6-8-14(9-7-13)20-16(21)12-5-10-15(18)19-11-12/h5,10-11,13-14H,4,6-9H2,1-3H3,(H,20,21). The molecule has 1 saturated carbocycles. The molecule has 21 heavy (non-hydrogen) atoms. The lowest BCUT2D eigenvalue weighted by Gasteiger charge is -2.39. The van der Waals surface area contributed by atoms with Crippen molar-refractivity contribution in [2.75, 3.05) is 0 Å². The predicted molar refractivity (Wildman–Crippen MR) is 86.5 cm³/mol. The number of aromatic nitrogens is 1. The quantitative estimate of drug-likeness (QED) is 0.834. The topological polar surface area (TPSA) is 42.0 Å². The number of nitrogens with one attached hydrogen (secondary N) is 1. The Balaban J connectivity index is 1.86. The zero-order valence-electron chi connectivity index (χ0n) is 13.2. The zero-order chi connectivity index (χ0) is 15.5. The van der Waals surface area contributed by atoms with Gasteiger partial charge in [-0.05, 0) is 49.1 Å². The van der Waals surface area contributed by atoms with Crippen LogP contribution in [-0.2, 0) is 0 Å². The molecule has 1 aromatic heterocycles. The first-order valence-corrected chi connectivity index (χ1v) is 8.22. The Labute approximate surface area is 132 Å². The van der Waals surface area contributed by atoms with E-state index in [0.29, 0.717) is 16.1 Å². The molecular formula is C17H25ClN2O. The van der Waals surface area contributed by atoms with Crippen molar-refractivity contribution in [3.63, 3.8) is 0 Å². The molecule has 2 rings (SSSR count). The van der Waals surface area contributed by atoms with Crippen molar-refractivity contribution in [2.24, 2.45) is 11.3 Å². The van der Waals surface area contributed by atoms with Crippen molar-refractivity contribution < 1.29 is 4.79 Å². The number of carbonyl (C=O) groups is 1. The van der Waals surface area contributed by atoms with Crippen LogP contribution in [-0.4, -0.2) is 16.9 Å². The number of nitrogens with zero attached hydrogens (tertiary/aromatic N) is 1. The molecule has 1 aliphatic carbocycles. The van der Waals surface area contributed by atoms with E-state index in [-0.39, 0.29) is 11.9 Å². The fourth-order valence-corrected chi connectivity index (χ4v) is 3.20. The van der Waals surface area contributed by atoms with Crippen LogP contribution >= 0.6 is 11.6 Å². The smallest absolute Gasteiger partial charge is 0.253 e. The van der Waals surface area contributed by atoms with Gasteiger partial charge in [0, 0.05) is 12.2 Å². The van der Waals surface area contributed by atoms with Crippen LogP contribution in [0.25, 0.3) is 0 Å². The highest BCUT2D eigenvalue weighted by Gasteiger charge is 2.32. The van der Waals surface area contributed by atoms with Crippen molar-refractivity contribution >= 4 is 17.5 Å². The molecule has 1 amide bonds. The molecule has 116 valence electrons. The van der Waals surface area contributed by atoms with Crippen molar-refractivity contribution in [3.8, 4) is 0 Å². The molecule has 0 radical (unpaired) electrons. The molecule has 0 spiro atoms. The summed E-state index contributed by atoms with van der Waals surface area (Å²) >= 11 is 5.74. The van der Waals surface area contributed by atoms with E-state index >= 15 is 0 Å². The molecule has 1 aromatic rings. The van der Waals surface area contributed by atoms with E-state index in [1.807, 2.05) is 0 Å². The Bertz CT molecular complexity index is 476. The SMILES string of the molecule is CCC(C)(C)C1CCC(NC(=O)c2ccc(Cl)nc2)CC1. The van der Waals surface area contributed by atoms with E-state index in [1.54, 1.807) is 12.1 Å². The minimum atomic E-state index is -0.0441. The third-order valence-electron chi connectivity index (χ3n) is 5.07. The molecule has 0 unspecified atom stereocenters. The van der Waals surface area contributed by atoms with Gasteiger partial charge < -0.3 is 5.32 Å². The molecule has 0 atom stereocenters. The van der Waals surface area contributed by atoms with Crippen LogP contribution < -0.4 is 5.32 Å². The third-order valence-corrected chi connectivity index (χ3v) is 5.29. The molecule has 0 aliphatic heterocycles. The lowest BCUT2D eigenvalue weighted by molar-refractivity contribution is 0.0893. The summed E-state index contributed by atoms with van der Waals surface area (Å²) in [7, 11) is 0. The molecular weight excluding hydrogens is 284 g/mol. The lowest BCUT2D eigenvalue weighted by Crippen LogP contribution is -2.39. The van der Waals surface area contributed by atoms with E-state index in [4.69, 9.17) is 11.6 Å². The third kappa shape index (κ3) is 4.19. The van der Waals surface area contributed by atoms with Gasteiger partial charge in [0.2, 0.25) is 0 Å². The average Bonchev–Trinajstić information content (AvgIpc) is 2.48. The minimum absolute atomic E-state index is 0.0441. The first-order valence-electron chi connectivity index (χ1n) is 7.85. The summed E-state index contributed by atoms with van der Waals surface area (Å²) in [5.74, 6) is 0.727. The van der Waals surface area contributed by atoms with Gasteiger partial charge in [-0.25, -0.2) is 4.98 Å². The molecule has 1 heterocycles. The molecule has 1 fully saturated rings. The first-order chi connectivity index (χ1) is 9.92. The highest BCUT2D eigenvalue weighted by Crippen LogP contribution is 2.40. The average molecular weight is 309 g/mol. The number of carbonyl (C=O) groups excluding carboxylic acids is 1. The van der Waals surface area contributed by atoms with Crippen LogP contribution in [0.1, 0.15) is 63.2 Å². The summed E-state index contributed by atoms with van der Waals surface area (Å²) in [5, 5.41) is 3.53. The summed E-state index contributed by atoms with van der Waals surface area (Å²) in [6, 6.07) is 3.66. The van der Waals surface area contributed by atoms with Crippen LogP contribution in [0, 0.1) is 11.3 Å². The van der Waals surface area contributed by atoms with Crippen LogP contribution in [0.3, 0.4) is 0 Å². The predicted octanol–water partition coefficient (Wildman–Crippen LogP) is 4.46. The van der Waals surface area contributed by atoms with E-state index in [9.17, 15) is 4.79 Å². The van der Waals surface area contributed by atoms with Crippen molar-refractivity contribution in [1.82, 2.24) is 10.3 Å². The van der Waals surface area contributed by atoms with Crippen LogP contribution in [0.5, 0.6) is 0 Å². The summed E-state index contributed by atoms with van der Waals surface area (Å²) in [6.07, 6.45) is 7.28. The van der Waals surface area contributed by atoms with Gasteiger partial charge in [-0.2, -0.15) is 0 Å². The van der Waals surface area contributed by atoms with Crippen LogP contribution in [0.15, 0.2) is 18.3 Å². The normalized spacial score (nSPS) is 22.9. The number of rotatable bonds is 4. The van der Waals surface area contributed by atoms with Gasteiger partial charge in [-0.15, -0.1) is 0 Å². The molecule has 0 aromatic carbocycles. The maximum atomic E-state index is 12.2. The van der Waals surface area contributed by atoms with Crippen molar-refractivity contribution in [3.05, 3.63) is 29.0 Å². The summed E-state index contributed by atoms with van der Waals surface area (Å²) < 4.78 is 0. The summed E-state index contributed by atoms with van der Waals surface area (Å²) in [6.45, 7) is 6.98. The Morgan fingerprint density at radius 2 is 2.00 bits per heavy atom. The van der Waals surface area contributed by atoms with Crippen molar-refractivity contribution in [2.45, 2.75) is 58.9 Å². The fraction of sp³-hybridized carbons (Fsp3) is 0.647. The number of halogens is 1. The Kier molecular flexibility index (Phi) is 5.26. The highest BCUT2D eigenvalue weighted by molar-refractivity contribution is 6.29. The molecule has 3 nitrogen and oxygen atoms in total. The van der Waals surface area contributed by atoms with Crippen LogP contribution in [0.4, 0.5) is 0 Å². The second-order valence-electron chi connectivity index (χ2n) is 6.73. The summed E-state index contributed by atoms with van der Waals surface area (Å²) in [5.41, 5.74) is 0.991. The molecule has 0 saturated heterocycles. The van der Waals surface area contributed by atoms with Crippen LogP contribution in [0.2, 0.25) is 5.15 Å². The molecule has 1 N–H and O–H groups in total. The van der Waals surface area contributed by atoms with E-state index in [1.165, 1.54) is 25.5 Å². The van der Waals surface area contributed by atoms with Gasteiger partial charge in [0.05, 0.1) is 5.56 Å². The fourth-order valence-electron chi connectivity index (χ4n) is 3.09. The van der Waals surface area contributed by atoms with E-state index < -0.39 is 0 Å². The number of hydrogen-bond acceptors (Lipinski definition) is 2. The monoisotopic (exact) mass is 308 g/mol. The van der Waals surface area contributed by atoms with Gasteiger partial charge in [0.1, 0.15) is 5.15 Å². The first kappa shape index (κ1) is 16.3. The second kappa shape index (κ2) is 6.78. The second-order valence-corrected chi connectivity index (χ2v) is 7.12. The van der Waals surface area contributed by atoms with Gasteiger partial charge >= 0.3 is 0 Å². The van der Waals surface area contributed by atoms with E-state index in [0.717, 1.165) is 18.8 Å². The van der Waals surface area contributed by atoms with Gasteiger partial charge in [0.25, 0.3) is 5.91 Å². The highest BCUT2D eigenvalue weighted by atomic mass is 35.5. The maximum Gasteiger partial charge on any atom is 0.253 e. The summed E-state index contributed by atoms with van der Waals surface area (Å²) in [4.78, 5) is 16.1. The zero-order valence-corrected chi connectivity index (χ0v) is 13.9. The Hall–Kier alpha value is -1.09. The Morgan fingerprint density at radius 3 is 2.52 bits per heavy atom. The number of pyridine rings is 1. The minimum Gasteiger partial charge on any atom is -0.349 e.